The highest BCUT2D eigenvalue weighted by Crippen LogP contribution is 2.34. The summed E-state index contributed by atoms with van der Waals surface area (Å²) in [6, 6.07) is 3.94. The lowest BCUT2D eigenvalue weighted by Crippen LogP contribution is -2.14. The maximum atomic E-state index is 11.3. The molecule has 1 aromatic heterocycles. The van der Waals surface area contributed by atoms with E-state index >= 15 is 0 Å². The van der Waals surface area contributed by atoms with Gasteiger partial charge in [-0.1, -0.05) is 41.6 Å². The van der Waals surface area contributed by atoms with Gasteiger partial charge in [-0.15, -0.1) is 0 Å². The second-order valence-electron chi connectivity index (χ2n) is 5.49. The molecular formula is C14H18BrN3O. The van der Waals surface area contributed by atoms with E-state index in [0.717, 1.165) is 33.4 Å². The Labute approximate surface area is 119 Å². The SMILES string of the molecule is NC(CC1CCCC1)c1cc2[nH]c(=O)[nH]c2cc1Br. The molecule has 0 aliphatic heterocycles. The number of halogens is 1. The molecule has 4 N–H and O–H groups in total. The van der Waals surface area contributed by atoms with E-state index in [1.807, 2.05) is 12.1 Å². The first-order valence-corrected chi connectivity index (χ1v) is 7.60. The lowest BCUT2D eigenvalue weighted by molar-refractivity contribution is 0.450. The van der Waals surface area contributed by atoms with Gasteiger partial charge in [0.25, 0.3) is 0 Å². The van der Waals surface area contributed by atoms with Crippen molar-refractivity contribution in [2.75, 3.05) is 0 Å². The standard InChI is InChI=1S/C14H18BrN3O/c15-10-7-13-12(17-14(19)18-13)6-9(10)11(16)5-8-3-1-2-4-8/h6-8,11H,1-5,16H2,(H2,17,18,19). The van der Waals surface area contributed by atoms with Crippen molar-refractivity contribution < 1.29 is 0 Å². The lowest BCUT2D eigenvalue weighted by Gasteiger charge is -2.18. The quantitative estimate of drug-likeness (QED) is 0.811. The van der Waals surface area contributed by atoms with E-state index in [-0.39, 0.29) is 11.7 Å². The van der Waals surface area contributed by atoms with Gasteiger partial charge in [0, 0.05) is 10.5 Å². The van der Waals surface area contributed by atoms with Gasteiger partial charge in [-0.25, -0.2) is 4.79 Å². The number of hydrogen-bond acceptors (Lipinski definition) is 2. The Hall–Kier alpha value is -1.07. The minimum absolute atomic E-state index is 0.0280. The van der Waals surface area contributed by atoms with Crippen LogP contribution in [0.5, 0.6) is 0 Å². The van der Waals surface area contributed by atoms with Gasteiger partial charge in [0.2, 0.25) is 0 Å². The highest BCUT2D eigenvalue weighted by atomic mass is 79.9. The normalized spacial score (nSPS) is 18.2. The fraction of sp³-hybridized carbons (Fsp3) is 0.500. The Morgan fingerprint density at radius 2 is 1.89 bits per heavy atom. The number of nitrogens with one attached hydrogen (secondary N) is 2. The number of fused-ring (bicyclic) bond motifs is 1. The maximum absolute atomic E-state index is 11.3. The molecule has 102 valence electrons. The first-order chi connectivity index (χ1) is 9.13. The van der Waals surface area contributed by atoms with Crippen molar-refractivity contribution in [2.24, 2.45) is 11.7 Å². The fourth-order valence-electron chi connectivity index (χ4n) is 3.09. The van der Waals surface area contributed by atoms with Gasteiger partial charge in [-0.3, -0.25) is 0 Å². The van der Waals surface area contributed by atoms with Crippen molar-refractivity contribution in [1.29, 1.82) is 0 Å². The summed E-state index contributed by atoms with van der Waals surface area (Å²) in [5.74, 6) is 0.753. The lowest BCUT2D eigenvalue weighted by atomic mass is 9.94. The van der Waals surface area contributed by atoms with E-state index in [0.29, 0.717) is 0 Å². The molecule has 5 heteroatoms. The van der Waals surface area contributed by atoms with Crippen LogP contribution in [0, 0.1) is 5.92 Å². The van der Waals surface area contributed by atoms with E-state index in [1.165, 1.54) is 25.7 Å². The average molecular weight is 324 g/mol. The number of nitrogens with two attached hydrogens (primary N) is 1. The molecule has 0 bridgehead atoms. The molecule has 0 spiro atoms. The van der Waals surface area contributed by atoms with E-state index in [4.69, 9.17) is 5.73 Å². The van der Waals surface area contributed by atoms with Crippen LogP contribution in [-0.2, 0) is 0 Å². The number of hydrogen-bond donors (Lipinski definition) is 3. The second kappa shape index (κ2) is 5.13. The van der Waals surface area contributed by atoms with Crippen LogP contribution in [0.4, 0.5) is 0 Å². The van der Waals surface area contributed by atoms with Gasteiger partial charge < -0.3 is 15.7 Å². The van der Waals surface area contributed by atoms with Crippen molar-refractivity contribution in [2.45, 2.75) is 38.1 Å². The topological polar surface area (TPSA) is 74.7 Å². The fourth-order valence-corrected chi connectivity index (χ4v) is 3.73. The zero-order valence-electron chi connectivity index (χ0n) is 10.7. The summed E-state index contributed by atoms with van der Waals surface area (Å²) in [6.07, 6.45) is 6.30. The molecule has 2 aromatic rings. The summed E-state index contributed by atoms with van der Waals surface area (Å²) in [5, 5.41) is 0. The molecule has 4 nitrogen and oxygen atoms in total. The first kappa shape index (κ1) is 12.9. The summed E-state index contributed by atoms with van der Waals surface area (Å²) < 4.78 is 0.973. The van der Waals surface area contributed by atoms with Crippen LogP contribution in [0.15, 0.2) is 21.4 Å². The van der Waals surface area contributed by atoms with Crippen molar-refractivity contribution >= 4 is 27.0 Å². The Balaban J connectivity index is 1.89. The van der Waals surface area contributed by atoms with Gasteiger partial charge in [0.1, 0.15) is 0 Å². The summed E-state index contributed by atoms with van der Waals surface area (Å²) in [6.45, 7) is 0. The molecular weight excluding hydrogens is 306 g/mol. The van der Waals surface area contributed by atoms with Crippen LogP contribution in [0.25, 0.3) is 11.0 Å². The van der Waals surface area contributed by atoms with Crippen LogP contribution < -0.4 is 11.4 Å². The van der Waals surface area contributed by atoms with Crippen LogP contribution in [0.1, 0.15) is 43.7 Å². The number of rotatable bonds is 3. The molecule has 1 atom stereocenters. The van der Waals surface area contributed by atoms with Crippen LogP contribution >= 0.6 is 15.9 Å². The molecule has 0 saturated heterocycles. The number of aromatic nitrogens is 2. The molecule has 1 aliphatic rings. The second-order valence-corrected chi connectivity index (χ2v) is 6.35. The molecule has 0 radical (unpaired) electrons. The Kier molecular flexibility index (Phi) is 3.50. The third-order valence-corrected chi connectivity index (χ3v) is 4.78. The monoisotopic (exact) mass is 323 g/mol. The van der Waals surface area contributed by atoms with Gasteiger partial charge >= 0.3 is 5.69 Å². The minimum Gasteiger partial charge on any atom is -0.324 e. The third-order valence-electron chi connectivity index (χ3n) is 4.09. The summed E-state index contributed by atoms with van der Waals surface area (Å²) >= 11 is 3.56. The molecule has 1 aromatic carbocycles. The zero-order valence-corrected chi connectivity index (χ0v) is 12.3. The Bertz CT molecular complexity index is 640. The van der Waals surface area contributed by atoms with Crippen molar-refractivity contribution in [3.63, 3.8) is 0 Å². The highest BCUT2D eigenvalue weighted by molar-refractivity contribution is 9.10. The van der Waals surface area contributed by atoms with Crippen LogP contribution in [0.2, 0.25) is 0 Å². The summed E-state index contributed by atoms with van der Waals surface area (Å²) in [7, 11) is 0. The van der Waals surface area contributed by atoms with E-state index < -0.39 is 0 Å². The Morgan fingerprint density at radius 1 is 1.26 bits per heavy atom. The molecule has 0 amide bonds. The molecule has 1 aliphatic carbocycles. The number of imidazole rings is 1. The van der Waals surface area contributed by atoms with Gasteiger partial charge in [0.05, 0.1) is 11.0 Å². The summed E-state index contributed by atoms with van der Waals surface area (Å²) in [4.78, 5) is 16.8. The van der Waals surface area contributed by atoms with Crippen molar-refractivity contribution in [3.8, 4) is 0 Å². The predicted molar refractivity (Wildman–Crippen MR) is 80.1 cm³/mol. The van der Waals surface area contributed by atoms with Crippen molar-refractivity contribution in [1.82, 2.24) is 9.97 Å². The first-order valence-electron chi connectivity index (χ1n) is 6.80. The zero-order chi connectivity index (χ0) is 13.4. The maximum Gasteiger partial charge on any atom is 0.323 e. The van der Waals surface area contributed by atoms with Gasteiger partial charge in [-0.05, 0) is 30.0 Å². The number of aromatic amines is 2. The highest BCUT2D eigenvalue weighted by Gasteiger charge is 2.20. The van der Waals surface area contributed by atoms with Crippen LogP contribution in [0.3, 0.4) is 0 Å². The van der Waals surface area contributed by atoms with Gasteiger partial charge in [-0.2, -0.15) is 0 Å². The Morgan fingerprint density at radius 3 is 2.58 bits per heavy atom. The average Bonchev–Trinajstić information content (AvgIpc) is 2.96. The van der Waals surface area contributed by atoms with E-state index in [2.05, 4.69) is 25.9 Å². The van der Waals surface area contributed by atoms with Crippen LogP contribution in [-0.4, -0.2) is 9.97 Å². The molecule has 1 heterocycles. The smallest absolute Gasteiger partial charge is 0.323 e. The number of benzene rings is 1. The summed E-state index contributed by atoms with van der Waals surface area (Å²) in [5.41, 5.74) is 8.88. The van der Waals surface area contributed by atoms with Crippen molar-refractivity contribution in [3.05, 3.63) is 32.7 Å². The molecule has 1 saturated carbocycles. The number of H-pyrrole nitrogens is 2. The minimum atomic E-state index is -0.177. The molecule has 1 fully saturated rings. The molecule has 3 rings (SSSR count). The van der Waals surface area contributed by atoms with E-state index in [1.54, 1.807) is 0 Å². The van der Waals surface area contributed by atoms with Gasteiger partial charge in [0.15, 0.2) is 0 Å². The molecule has 19 heavy (non-hydrogen) atoms. The predicted octanol–water partition coefficient (Wildman–Crippen LogP) is 3.20. The molecule has 1 unspecified atom stereocenters. The van der Waals surface area contributed by atoms with E-state index in [9.17, 15) is 4.79 Å². The largest absolute Gasteiger partial charge is 0.324 e. The third kappa shape index (κ3) is 2.62.